The number of carbonyl (C=O) groups excluding carboxylic acids is 2. The molecule has 3 nitrogen and oxygen atoms in total. The standard InChI is InChI=1S/C26H21NO2/c1-15-8-7-9-16(14-15)27-24(28)23-21-17-10-3-5-12-19(17)22(26(23,2)25(27)29)20-13-6-4-11-18(20)21/h3-14,21-23H,1-2H3. The highest BCUT2D eigenvalue weighted by molar-refractivity contribution is 6.25. The van der Waals surface area contributed by atoms with Gasteiger partial charge in [-0.15, -0.1) is 0 Å². The van der Waals surface area contributed by atoms with E-state index in [4.69, 9.17) is 0 Å². The van der Waals surface area contributed by atoms with Crippen molar-refractivity contribution in [2.75, 3.05) is 4.90 Å². The number of amides is 2. The Kier molecular flexibility index (Phi) is 3.14. The second kappa shape index (κ2) is 5.44. The third-order valence-corrected chi connectivity index (χ3v) is 7.27. The summed E-state index contributed by atoms with van der Waals surface area (Å²) in [6, 6.07) is 24.4. The number of carbonyl (C=O) groups is 2. The van der Waals surface area contributed by atoms with Gasteiger partial charge in [-0.3, -0.25) is 9.59 Å². The van der Waals surface area contributed by atoms with Crippen molar-refractivity contribution in [2.45, 2.75) is 25.7 Å². The van der Waals surface area contributed by atoms with Gasteiger partial charge in [0, 0.05) is 11.8 Å². The summed E-state index contributed by atoms with van der Waals surface area (Å²) >= 11 is 0. The quantitative estimate of drug-likeness (QED) is 0.571. The van der Waals surface area contributed by atoms with E-state index in [1.165, 1.54) is 27.2 Å². The Hall–Kier alpha value is -3.20. The molecule has 7 rings (SSSR count). The van der Waals surface area contributed by atoms with Gasteiger partial charge < -0.3 is 0 Å². The highest BCUT2D eigenvalue weighted by Gasteiger charge is 2.68. The van der Waals surface area contributed by atoms with E-state index in [1.54, 1.807) is 0 Å². The molecule has 142 valence electrons. The number of hydrogen-bond acceptors (Lipinski definition) is 2. The third-order valence-electron chi connectivity index (χ3n) is 7.27. The van der Waals surface area contributed by atoms with E-state index in [-0.39, 0.29) is 29.6 Å². The molecule has 0 saturated carbocycles. The van der Waals surface area contributed by atoms with Crippen LogP contribution in [0.15, 0.2) is 72.8 Å². The molecule has 1 fully saturated rings. The smallest absolute Gasteiger partial charge is 0.241 e. The highest BCUT2D eigenvalue weighted by Crippen LogP contribution is 2.67. The first-order valence-electron chi connectivity index (χ1n) is 10.2. The number of hydrogen-bond donors (Lipinski definition) is 0. The van der Waals surface area contributed by atoms with Gasteiger partial charge in [-0.2, -0.15) is 0 Å². The summed E-state index contributed by atoms with van der Waals surface area (Å²) in [4.78, 5) is 29.1. The summed E-state index contributed by atoms with van der Waals surface area (Å²) in [7, 11) is 0. The summed E-state index contributed by atoms with van der Waals surface area (Å²) in [6.45, 7) is 4.00. The molecule has 3 aliphatic carbocycles. The molecular weight excluding hydrogens is 358 g/mol. The lowest BCUT2D eigenvalue weighted by Crippen LogP contribution is -2.49. The number of benzene rings is 3. The van der Waals surface area contributed by atoms with Crippen molar-refractivity contribution in [2.24, 2.45) is 11.3 Å². The first-order valence-corrected chi connectivity index (χ1v) is 10.2. The number of aryl methyl sites for hydroxylation is 1. The Morgan fingerprint density at radius 3 is 1.97 bits per heavy atom. The largest absolute Gasteiger partial charge is 0.274 e. The fourth-order valence-electron chi connectivity index (χ4n) is 6.13. The summed E-state index contributed by atoms with van der Waals surface area (Å²) in [5.74, 6) is -0.690. The molecular formula is C26H21NO2. The van der Waals surface area contributed by atoms with Crippen LogP contribution in [0, 0.1) is 18.3 Å². The number of rotatable bonds is 1. The molecule has 3 heteroatoms. The summed E-state index contributed by atoms with van der Waals surface area (Å²) < 4.78 is 0. The molecule has 1 saturated heterocycles. The summed E-state index contributed by atoms with van der Waals surface area (Å²) in [6.07, 6.45) is 0. The van der Waals surface area contributed by atoms with E-state index in [2.05, 4.69) is 24.3 Å². The average molecular weight is 379 g/mol. The van der Waals surface area contributed by atoms with Gasteiger partial charge in [0.25, 0.3) is 0 Å². The van der Waals surface area contributed by atoms with Crippen molar-refractivity contribution < 1.29 is 9.59 Å². The Balaban J connectivity index is 1.63. The molecule has 0 radical (unpaired) electrons. The maximum atomic E-state index is 13.9. The maximum Gasteiger partial charge on any atom is 0.241 e. The lowest BCUT2D eigenvalue weighted by molar-refractivity contribution is -0.128. The van der Waals surface area contributed by atoms with E-state index >= 15 is 0 Å². The zero-order chi connectivity index (χ0) is 19.9. The van der Waals surface area contributed by atoms with Gasteiger partial charge in [0.05, 0.1) is 17.0 Å². The molecule has 0 spiro atoms. The Morgan fingerprint density at radius 2 is 1.38 bits per heavy atom. The van der Waals surface area contributed by atoms with Crippen LogP contribution in [0.2, 0.25) is 0 Å². The molecule has 2 bridgehead atoms. The molecule has 0 N–H and O–H groups in total. The molecule has 1 aliphatic heterocycles. The van der Waals surface area contributed by atoms with Crippen molar-refractivity contribution in [1.82, 2.24) is 0 Å². The minimum atomic E-state index is -0.770. The lowest BCUT2D eigenvalue weighted by atomic mass is 9.48. The molecule has 1 heterocycles. The molecule has 3 aromatic carbocycles. The minimum absolute atomic E-state index is 0.0675. The van der Waals surface area contributed by atoms with Gasteiger partial charge in [-0.05, 0) is 53.8 Å². The van der Waals surface area contributed by atoms with Gasteiger partial charge in [-0.1, -0.05) is 60.7 Å². The second-order valence-corrected chi connectivity index (χ2v) is 8.75. The van der Waals surface area contributed by atoms with Crippen LogP contribution in [0.5, 0.6) is 0 Å². The van der Waals surface area contributed by atoms with Crippen LogP contribution in [0.25, 0.3) is 0 Å². The Labute approximate surface area is 170 Å². The van der Waals surface area contributed by atoms with Crippen LogP contribution in [-0.4, -0.2) is 11.8 Å². The molecule has 29 heavy (non-hydrogen) atoms. The van der Waals surface area contributed by atoms with Gasteiger partial charge in [0.2, 0.25) is 11.8 Å². The van der Waals surface area contributed by atoms with E-state index in [1.807, 2.05) is 62.4 Å². The molecule has 2 atom stereocenters. The van der Waals surface area contributed by atoms with Crippen LogP contribution in [-0.2, 0) is 9.59 Å². The molecule has 2 unspecified atom stereocenters. The first kappa shape index (κ1) is 16.7. The van der Waals surface area contributed by atoms with Gasteiger partial charge >= 0.3 is 0 Å². The van der Waals surface area contributed by atoms with Crippen LogP contribution in [0.1, 0.15) is 46.6 Å². The molecule has 0 aromatic heterocycles. The fraction of sp³-hybridized carbons (Fsp3) is 0.231. The monoisotopic (exact) mass is 379 g/mol. The SMILES string of the molecule is Cc1cccc(N2C(=O)C3C4c5ccccc5C(c5ccccc54)C3(C)C2=O)c1. The third kappa shape index (κ3) is 1.88. The van der Waals surface area contributed by atoms with Crippen molar-refractivity contribution in [3.05, 3.63) is 101 Å². The number of nitrogens with zero attached hydrogens (tertiary/aromatic N) is 1. The summed E-state index contributed by atoms with van der Waals surface area (Å²) in [5, 5.41) is 0. The molecule has 2 amide bonds. The molecule has 3 aromatic rings. The number of imide groups is 1. The van der Waals surface area contributed by atoms with E-state index in [9.17, 15) is 9.59 Å². The van der Waals surface area contributed by atoms with Crippen LogP contribution >= 0.6 is 0 Å². The predicted octanol–water partition coefficient (Wildman–Crippen LogP) is 4.78. The lowest BCUT2D eigenvalue weighted by Gasteiger charge is -2.51. The van der Waals surface area contributed by atoms with Gasteiger partial charge in [0.1, 0.15) is 0 Å². The zero-order valence-electron chi connectivity index (χ0n) is 16.4. The zero-order valence-corrected chi connectivity index (χ0v) is 16.4. The van der Waals surface area contributed by atoms with Gasteiger partial charge in [0.15, 0.2) is 0 Å². The Morgan fingerprint density at radius 1 is 0.793 bits per heavy atom. The fourth-order valence-corrected chi connectivity index (χ4v) is 6.13. The second-order valence-electron chi connectivity index (χ2n) is 8.75. The first-order chi connectivity index (χ1) is 14.0. The highest BCUT2D eigenvalue weighted by atomic mass is 16.2. The van der Waals surface area contributed by atoms with E-state index < -0.39 is 5.41 Å². The van der Waals surface area contributed by atoms with Gasteiger partial charge in [-0.25, -0.2) is 4.90 Å². The van der Waals surface area contributed by atoms with E-state index in [0.717, 1.165) is 5.56 Å². The van der Waals surface area contributed by atoms with Crippen molar-refractivity contribution in [3.63, 3.8) is 0 Å². The van der Waals surface area contributed by atoms with Crippen molar-refractivity contribution in [1.29, 1.82) is 0 Å². The average Bonchev–Trinajstić information content (AvgIpc) is 2.94. The van der Waals surface area contributed by atoms with E-state index in [0.29, 0.717) is 5.69 Å². The normalized spacial score (nSPS) is 28.9. The Bertz CT molecular complexity index is 1170. The molecule has 4 aliphatic rings. The number of anilines is 1. The van der Waals surface area contributed by atoms with Crippen LogP contribution < -0.4 is 4.90 Å². The van der Waals surface area contributed by atoms with Crippen molar-refractivity contribution in [3.8, 4) is 0 Å². The van der Waals surface area contributed by atoms with Crippen molar-refractivity contribution >= 4 is 17.5 Å². The minimum Gasteiger partial charge on any atom is -0.274 e. The topological polar surface area (TPSA) is 37.4 Å². The predicted molar refractivity (Wildman–Crippen MR) is 112 cm³/mol. The summed E-state index contributed by atoms with van der Waals surface area (Å²) in [5.41, 5.74) is 5.75. The van der Waals surface area contributed by atoms with Crippen LogP contribution in [0.4, 0.5) is 5.69 Å². The van der Waals surface area contributed by atoms with Crippen LogP contribution in [0.3, 0.4) is 0 Å². The maximum absolute atomic E-state index is 13.9.